The maximum atomic E-state index is 12.1. The molecular formula is C12H17N3O3. The summed E-state index contributed by atoms with van der Waals surface area (Å²) in [4.78, 5) is 32.5. The molecule has 1 aromatic rings. The van der Waals surface area contributed by atoms with Crippen molar-refractivity contribution < 1.29 is 14.7 Å². The molecule has 1 amide bonds. The summed E-state index contributed by atoms with van der Waals surface area (Å²) < 4.78 is 0. The lowest BCUT2D eigenvalue weighted by molar-refractivity contribution is -0.141. The summed E-state index contributed by atoms with van der Waals surface area (Å²) in [5.74, 6) is -1.49. The van der Waals surface area contributed by atoms with Gasteiger partial charge in [0.25, 0.3) is 5.91 Å². The quantitative estimate of drug-likeness (QED) is 0.864. The van der Waals surface area contributed by atoms with Crippen LogP contribution in [0.25, 0.3) is 0 Å². The van der Waals surface area contributed by atoms with Gasteiger partial charge in [-0.15, -0.1) is 0 Å². The zero-order valence-electron chi connectivity index (χ0n) is 11.2. The molecular weight excluding hydrogens is 234 g/mol. The molecule has 6 heteroatoms. The average Bonchev–Trinajstić information content (AvgIpc) is 2.30. The molecule has 98 valence electrons. The Kier molecular flexibility index (Phi) is 4.00. The van der Waals surface area contributed by atoms with Crippen molar-refractivity contribution in [3.05, 3.63) is 22.8 Å². The first kappa shape index (κ1) is 14.1. The van der Waals surface area contributed by atoms with Crippen LogP contribution in [0.2, 0.25) is 0 Å². The number of rotatable bonds is 3. The second-order valence-corrected chi connectivity index (χ2v) is 4.26. The van der Waals surface area contributed by atoms with E-state index in [0.29, 0.717) is 11.4 Å². The molecule has 0 fully saturated rings. The Balaban J connectivity index is 3.11. The zero-order chi connectivity index (χ0) is 14.0. The van der Waals surface area contributed by atoms with Gasteiger partial charge in [-0.3, -0.25) is 9.78 Å². The monoisotopic (exact) mass is 251 g/mol. The average molecular weight is 251 g/mol. The normalized spacial score (nSPS) is 12.1. The van der Waals surface area contributed by atoms with Crippen LogP contribution < -0.4 is 0 Å². The fourth-order valence-electron chi connectivity index (χ4n) is 1.43. The van der Waals surface area contributed by atoms with E-state index in [1.54, 1.807) is 13.8 Å². The highest BCUT2D eigenvalue weighted by molar-refractivity contribution is 5.95. The molecule has 1 atom stereocenters. The maximum Gasteiger partial charge on any atom is 0.326 e. The Labute approximate surface area is 106 Å². The number of aliphatic carboxylic acids is 1. The van der Waals surface area contributed by atoms with Crippen LogP contribution in [-0.4, -0.2) is 44.9 Å². The molecule has 0 bridgehead atoms. The predicted octanol–water partition coefficient (Wildman–Crippen LogP) is 0.947. The van der Waals surface area contributed by atoms with Crippen LogP contribution in [0.15, 0.2) is 0 Å². The van der Waals surface area contributed by atoms with E-state index < -0.39 is 17.9 Å². The van der Waals surface area contributed by atoms with E-state index in [2.05, 4.69) is 9.97 Å². The van der Waals surface area contributed by atoms with Gasteiger partial charge in [-0.1, -0.05) is 0 Å². The number of aromatic nitrogens is 2. The lowest BCUT2D eigenvalue weighted by atomic mass is 10.2. The van der Waals surface area contributed by atoms with E-state index in [1.165, 1.54) is 14.0 Å². The summed E-state index contributed by atoms with van der Waals surface area (Å²) in [6.45, 7) is 6.71. The number of likely N-dealkylation sites (N-methyl/N-ethyl adjacent to an activating group) is 1. The molecule has 0 spiro atoms. The molecule has 0 aliphatic heterocycles. The van der Waals surface area contributed by atoms with Crippen molar-refractivity contribution in [2.75, 3.05) is 7.05 Å². The summed E-state index contributed by atoms with van der Waals surface area (Å²) in [5.41, 5.74) is 2.14. The predicted molar refractivity (Wildman–Crippen MR) is 65.4 cm³/mol. The van der Waals surface area contributed by atoms with Gasteiger partial charge in [0.15, 0.2) is 0 Å². The maximum absolute atomic E-state index is 12.1. The van der Waals surface area contributed by atoms with E-state index in [4.69, 9.17) is 5.11 Å². The number of carbonyl (C=O) groups is 2. The minimum absolute atomic E-state index is 0.203. The first-order chi connectivity index (χ1) is 8.25. The van der Waals surface area contributed by atoms with Gasteiger partial charge in [0.05, 0.1) is 17.1 Å². The molecule has 18 heavy (non-hydrogen) atoms. The van der Waals surface area contributed by atoms with Crippen molar-refractivity contribution in [3.8, 4) is 0 Å². The second kappa shape index (κ2) is 5.12. The number of nitrogens with zero attached hydrogens (tertiary/aromatic N) is 3. The minimum Gasteiger partial charge on any atom is -0.480 e. The summed E-state index contributed by atoms with van der Waals surface area (Å²) in [6.07, 6.45) is 0. The first-order valence-corrected chi connectivity index (χ1v) is 5.57. The topological polar surface area (TPSA) is 83.4 Å². The van der Waals surface area contributed by atoms with Crippen LogP contribution in [-0.2, 0) is 4.79 Å². The number of carboxylic acid groups (broad SMARTS) is 1. The Hall–Kier alpha value is -1.98. The lowest BCUT2D eigenvalue weighted by Gasteiger charge is -2.21. The van der Waals surface area contributed by atoms with E-state index in [0.717, 1.165) is 10.6 Å². The van der Waals surface area contributed by atoms with Gasteiger partial charge in [0.1, 0.15) is 11.7 Å². The van der Waals surface area contributed by atoms with E-state index in [-0.39, 0.29) is 5.69 Å². The summed E-state index contributed by atoms with van der Waals surface area (Å²) in [5, 5.41) is 8.89. The Morgan fingerprint density at radius 1 is 1.11 bits per heavy atom. The second-order valence-electron chi connectivity index (χ2n) is 4.26. The molecule has 6 nitrogen and oxygen atoms in total. The lowest BCUT2D eigenvalue weighted by Crippen LogP contribution is -2.41. The van der Waals surface area contributed by atoms with Gasteiger partial charge < -0.3 is 10.0 Å². The van der Waals surface area contributed by atoms with Crippen LogP contribution in [0.5, 0.6) is 0 Å². The fourth-order valence-corrected chi connectivity index (χ4v) is 1.43. The highest BCUT2D eigenvalue weighted by Gasteiger charge is 2.25. The summed E-state index contributed by atoms with van der Waals surface area (Å²) >= 11 is 0. The van der Waals surface area contributed by atoms with Gasteiger partial charge in [-0.2, -0.15) is 0 Å². The van der Waals surface area contributed by atoms with Crippen LogP contribution in [0.1, 0.15) is 34.5 Å². The van der Waals surface area contributed by atoms with Gasteiger partial charge in [-0.05, 0) is 27.7 Å². The van der Waals surface area contributed by atoms with Crippen LogP contribution in [0.3, 0.4) is 0 Å². The third kappa shape index (κ3) is 2.64. The van der Waals surface area contributed by atoms with Gasteiger partial charge in [0.2, 0.25) is 0 Å². The molecule has 1 rings (SSSR count). The van der Waals surface area contributed by atoms with Crippen molar-refractivity contribution in [1.29, 1.82) is 0 Å². The van der Waals surface area contributed by atoms with E-state index in [1.807, 2.05) is 6.92 Å². The summed E-state index contributed by atoms with van der Waals surface area (Å²) in [6, 6.07) is -0.902. The number of amides is 1. The molecule has 0 aromatic carbocycles. The molecule has 1 aromatic heterocycles. The molecule has 0 radical (unpaired) electrons. The largest absolute Gasteiger partial charge is 0.480 e. The minimum atomic E-state index is -1.06. The molecule has 1 heterocycles. The molecule has 0 saturated carbocycles. The third-order valence-corrected chi connectivity index (χ3v) is 2.94. The number of aryl methyl sites for hydroxylation is 3. The standard InChI is InChI=1S/C12H17N3O3/c1-6-7(2)14-10(8(3)13-6)11(16)15(5)9(4)12(17)18/h9H,1-5H3,(H,17,18). The smallest absolute Gasteiger partial charge is 0.326 e. The van der Waals surface area contributed by atoms with Crippen molar-refractivity contribution >= 4 is 11.9 Å². The zero-order valence-corrected chi connectivity index (χ0v) is 11.2. The Bertz CT molecular complexity index is 500. The SMILES string of the molecule is Cc1nc(C)c(C(=O)N(C)C(C)C(=O)O)nc1C. The van der Waals surface area contributed by atoms with Gasteiger partial charge in [-0.25, -0.2) is 9.78 Å². The van der Waals surface area contributed by atoms with Crippen LogP contribution in [0, 0.1) is 20.8 Å². The van der Waals surface area contributed by atoms with E-state index >= 15 is 0 Å². The highest BCUT2D eigenvalue weighted by Crippen LogP contribution is 2.11. The van der Waals surface area contributed by atoms with Crippen LogP contribution >= 0.6 is 0 Å². The number of carbonyl (C=O) groups excluding carboxylic acids is 1. The first-order valence-electron chi connectivity index (χ1n) is 5.57. The van der Waals surface area contributed by atoms with Crippen molar-refractivity contribution in [3.63, 3.8) is 0 Å². The molecule has 0 saturated heterocycles. The van der Waals surface area contributed by atoms with Crippen molar-refractivity contribution in [2.45, 2.75) is 33.7 Å². The van der Waals surface area contributed by atoms with E-state index in [9.17, 15) is 9.59 Å². The van der Waals surface area contributed by atoms with Gasteiger partial charge in [0, 0.05) is 7.05 Å². The van der Waals surface area contributed by atoms with Gasteiger partial charge >= 0.3 is 5.97 Å². The Morgan fingerprint density at radius 2 is 1.61 bits per heavy atom. The Morgan fingerprint density at radius 3 is 2.11 bits per heavy atom. The number of carboxylic acids is 1. The number of hydrogen-bond donors (Lipinski definition) is 1. The molecule has 0 aliphatic rings. The number of hydrogen-bond acceptors (Lipinski definition) is 4. The third-order valence-electron chi connectivity index (χ3n) is 2.94. The fraction of sp³-hybridized carbons (Fsp3) is 0.500. The summed E-state index contributed by atoms with van der Waals surface area (Å²) in [7, 11) is 1.44. The molecule has 1 N–H and O–H groups in total. The van der Waals surface area contributed by atoms with Crippen molar-refractivity contribution in [2.24, 2.45) is 0 Å². The van der Waals surface area contributed by atoms with Crippen molar-refractivity contribution in [1.82, 2.24) is 14.9 Å². The highest BCUT2D eigenvalue weighted by atomic mass is 16.4. The molecule has 0 aliphatic carbocycles. The molecule has 1 unspecified atom stereocenters. The van der Waals surface area contributed by atoms with Crippen LogP contribution in [0.4, 0.5) is 0 Å².